The first-order chi connectivity index (χ1) is 13.7. The first-order valence-electron chi connectivity index (χ1n) is 10.8. The predicted molar refractivity (Wildman–Crippen MR) is 114 cm³/mol. The Morgan fingerprint density at radius 3 is 1.55 bits per heavy atom. The molecule has 168 valence electrons. The highest BCUT2D eigenvalue weighted by Crippen LogP contribution is 2.57. The van der Waals surface area contributed by atoms with E-state index in [1.165, 1.54) is 26.1 Å². The topological polar surface area (TPSA) is 125 Å². The maximum atomic E-state index is 11.0. The third kappa shape index (κ3) is 5.60. The Bertz CT molecular complexity index is 612. The Kier molecular flexibility index (Phi) is 9.86. The van der Waals surface area contributed by atoms with Gasteiger partial charge < -0.3 is 35.5 Å². The molecule has 29 heavy (non-hydrogen) atoms. The van der Waals surface area contributed by atoms with Crippen LogP contribution in [0.4, 0.5) is 0 Å². The van der Waals surface area contributed by atoms with Gasteiger partial charge >= 0.3 is 0 Å². The highest BCUT2D eigenvalue weighted by Gasteiger charge is 2.43. The molecule has 0 bridgehead atoms. The molecule has 1 atom stereocenters. The summed E-state index contributed by atoms with van der Waals surface area (Å²) in [6, 6.07) is 0. The van der Waals surface area contributed by atoms with Gasteiger partial charge in [0, 0.05) is 0 Å². The van der Waals surface area contributed by atoms with Crippen molar-refractivity contribution in [3.8, 4) is 28.7 Å². The van der Waals surface area contributed by atoms with Crippen molar-refractivity contribution in [3.05, 3.63) is 5.56 Å². The summed E-state index contributed by atoms with van der Waals surface area (Å²) < 4.78 is 0. The molecule has 1 saturated carbocycles. The minimum atomic E-state index is -1.57. The van der Waals surface area contributed by atoms with Crippen molar-refractivity contribution in [2.45, 2.75) is 78.2 Å². The zero-order valence-corrected chi connectivity index (χ0v) is 18.3. The van der Waals surface area contributed by atoms with Crippen LogP contribution in [-0.2, 0) is 5.60 Å². The molecule has 0 aliphatic heterocycles. The van der Waals surface area contributed by atoms with E-state index in [2.05, 4.69) is 25.7 Å². The predicted octanol–water partition coefficient (Wildman–Crippen LogP) is 4.13. The molecule has 1 aromatic carbocycles. The summed E-state index contributed by atoms with van der Waals surface area (Å²) in [7, 11) is 0. The summed E-state index contributed by atoms with van der Waals surface area (Å²) in [4.78, 5) is 2.43. The average Bonchev–Trinajstić information content (AvgIpc) is 2.75. The van der Waals surface area contributed by atoms with Gasteiger partial charge in [-0.2, -0.15) is 0 Å². The van der Waals surface area contributed by atoms with Crippen LogP contribution in [0.1, 0.15) is 78.2 Å². The highest BCUT2D eigenvalue weighted by molar-refractivity contribution is 5.69. The highest BCUT2D eigenvalue weighted by atomic mass is 16.4. The van der Waals surface area contributed by atoms with Crippen molar-refractivity contribution in [1.29, 1.82) is 0 Å². The lowest BCUT2D eigenvalue weighted by molar-refractivity contribution is -0.0458. The first kappa shape index (κ1) is 25.2. The van der Waals surface area contributed by atoms with Gasteiger partial charge in [0.25, 0.3) is 0 Å². The minimum Gasteiger partial charge on any atom is -0.504 e. The smallest absolute Gasteiger partial charge is 0.208 e. The second kappa shape index (κ2) is 11.4. The van der Waals surface area contributed by atoms with Crippen molar-refractivity contribution >= 4 is 0 Å². The van der Waals surface area contributed by atoms with E-state index >= 15 is 0 Å². The molecule has 0 radical (unpaired) electrons. The van der Waals surface area contributed by atoms with Crippen LogP contribution >= 0.6 is 0 Å². The molecule has 1 aliphatic carbocycles. The van der Waals surface area contributed by atoms with Gasteiger partial charge in [0.15, 0.2) is 11.5 Å². The zero-order chi connectivity index (χ0) is 22.2. The molecule has 0 spiro atoms. The molecular weight excluding hydrogens is 374 g/mol. The molecule has 0 amide bonds. The van der Waals surface area contributed by atoms with E-state index < -0.39 is 34.3 Å². The molecule has 0 heterocycles. The fourth-order valence-electron chi connectivity index (χ4n) is 4.20. The number of phenols is 5. The quantitative estimate of drug-likeness (QED) is 0.293. The molecular formula is C22H39NO6. The van der Waals surface area contributed by atoms with Gasteiger partial charge in [0.05, 0.1) is 11.2 Å². The van der Waals surface area contributed by atoms with Crippen LogP contribution in [0.3, 0.4) is 0 Å². The fraction of sp³-hybridized carbons (Fsp3) is 0.727. The van der Waals surface area contributed by atoms with Gasteiger partial charge in [-0.15, -0.1) is 0 Å². The number of rotatable bonds is 7. The summed E-state index contributed by atoms with van der Waals surface area (Å²) >= 11 is 0. The van der Waals surface area contributed by atoms with Crippen molar-refractivity contribution in [2.75, 3.05) is 19.6 Å². The van der Waals surface area contributed by atoms with E-state index in [0.717, 1.165) is 32.1 Å². The molecule has 1 aromatic rings. The maximum Gasteiger partial charge on any atom is 0.208 e. The number of phenolic OH excluding ortho intramolecular Hbond substituents is 5. The Morgan fingerprint density at radius 2 is 1.21 bits per heavy atom. The Hall–Kier alpha value is -1.86. The van der Waals surface area contributed by atoms with E-state index in [-0.39, 0.29) is 17.9 Å². The zero-order valence-electron chi connectivity index (χ0n) is 18.3. The van der Waals surface area contributed by atoms with E-state index in [9.17, 15) is 30.6 Å². The molecule has 6 N–H and O–H groups in total. The van der Waals surface area contributed by atoms with Crippen LogP contribution in [0.25, 0.3) is 0 Å². The fourth-order valence-corrected chi connectivity index (χ4v) is 4.20. The van der Waals surface area contributed by atoms with Gasteiger partial charge in [0.1, 0.15) is 0 Å². The molecule has 1 unspecified atom stereocenters. The van der Waals surface area contributed by atoms with Crippen molar-refractivity contribution < 1.29 is 30.6 Å². The number of benzene rings is 1. The molecule has 7 nitrogen and oxygen atoms in total. The number of hydrogen-bond acceptors (Lipinski definition) is 7. The normalized spacial score (nSPS) is 16.9. The summed E-state index contributed by atoms with van der Waals surface area (Å²) in [6.07, 6.45) is 5.87. The third-order valence-electron chi connectivity index (χ3n) is 6.06. The lowest BCUT2D eigenvalue weighted by Crippen LogP contribution is -2.36. The van der Waals surface area contributed by atoms with Crippen LogP contribution < -0.4 is 0 Å². The van der Waals surface area contributed by atoms with Crippen LogP contribution in [0.15, 0.2) is 0 Å². The van der Waals surface area contributed by atoms with E-state index in [4.69, 9.17) is 0 Å². The Morgan fingerprint density at radius 1 is 0.759 bits per heavy atom. The summed E-state index contributed by atoms with van der Waals surface area (Å²) in [5.41, 5.74) is -1.89. The van der Waals surface area contributed by atoms with E-state index in [1.54, 1.807) is 6.92 Å². The standard InChI is InChI=1S/C15H22O6.C7H17N/c1-2-15(21,8-6-4-3-5-7-8)9-10(16)12(18)14(20)13(19)11(9)17;1-4-7-8(5-2)6-3/h8,16-21H,2-7H2,1H3;4-7H2,1-3H3. The summed E-state index contributed by atoms with van der Waals surface area (Å²) in [5, 5.41) is 59.8. The maximum absolute atomic E-state index is 11.0. The van der Waals surface area contributed by atoms with Gasteiger partial charge in [-0.3, -0.25) is 0 Å². The van der Waals surface area contributed by atoms with Crippen molar-refractivity contribution in [3.63, 3.8) is 0 Å². The Balaban J connectivity index is 0.000000447. The van der Waals surface area contributed by atoms with Crippen molar-refractivity contribution in [2.24, 2.45) is 5.92 Å². The van der Waals surface area contributed by atoms with Crippen LogP contribution in [0.2, 0.25) is 0 Å². The van der Waals surface area contributed by atoms with Gasteiger partial charge in [-0.25, -0.2) is 0 Å². The number of hydrogen-bond donors (Lipinski definition) is 6. The van der Waals surface area contributed by atoms with Gasteiger partial charge in [-0.1, -0.05) is 47.0 Å². The Labute approximate surface area is 174 Å². The molecule has 7 heteroatoms. The largest absolute Gasteiger partial charge is 0.504 e. The van der Waals surface area contributed by atoms with Gasteiger partial charge in [0.2, 0.25) is 17.2 Å². The van der Waals surface area contributed by atoms with Crippen LogP contribution in [-0.4, -0.2) is 55.2 Å². The molecule has 1 fully saturated rings. The number of nitrogens with zero attached hydrogens (tertiary/aromatic N) is 1. The van der Waals surface area contributed by atoms with Crippen molar-refractivity contribution in [1.82, 2.24) is 4.90 Å². The minimum absolute atomic E-state index is 0.197. The molecule has 0 saturated heterocycles. The molecule has 0 aromatic heterocycles. The third-order valence-corrected chi connectivity index (χ3v) is 6.06. The van der Waals surface area contributed by atoms with Crippen LogP contribution in [0, 0.1) is 5.92 Å². The SMILES string of the molecule is CCC(O)(c1c(O)c(O)c(O)c(O)c1O)C1CCCCC1.CCCN(CC)CC. The lowest BCUT2D eigenvalue weighted by atomic mass is 9.71. The molecule has 2 rings (SSSR count). The van der Waals surface area contributed by atoms with Gasteiger partial charge in [-0.05, 0) is 51.2 Å². The summed E-state index contributed by atoms with van der Waals surface area (Å²) in [5.74, 6) is -4.67. The lowest BCUT2D eigenvalue weighted by Gasteiger charge is -2.39. The first-order valence-corrected chi connectivity index (χ1v) is 10.8. The summed E-state index contributed by atoms with van der Waals surface area (Å²) in [6.45, 7) is 12.0. The second-order valence-corrected chi connectivity index (χ2v) is 7.76. The second-order valence-electron chi connectivity index (χ2n) is 7.76. The molecule has 1 aliphatic rings. The van der Waals surface area contributed by atoms with E-state index in [0.29, 0.717) is 0 Å². The van der Waals surface area contributed by atoms with E-state index in [1.807, 2.05) is 0 Å². The van der Waals surface area contributed by atoms with Crippen LogP contribution in [0.5, 0.6) is 28.7 Å². The number of aromatic hydroxyl groups is 5. The number of aliphatic hydroxyl groups is 1. The average molecular weight is 414 g/mol. The monoisotopic (exact) mass is 413 g/mol.